The number of benzene rings is 1. The third-order valence-electron chi connectivity index (χ3n) is 4.21. The van der Waals surface area contributed by atoms with E-state index >= 15 is 0 Å². The molecule has 19 heavy (non-hydrogen) atoms. The molecule has 0 bridgehead atoms. The highest BCUT2D eigenvalue weighted by molar-refractivity contribution is 5.51. The summed E-state index contributed by atoms with van der Waals surface area (Å²) in [5.41, 5.74) is -0.101. The van der Waals surface area contributed by atoms with Gasteiger partial charge in [0.05, 0.1) is 11.6 Å². The van der Waals surface area contributed by atoms with Crippen LogP contribution in [-0.4, -0.2) is 6.04 Å². The van der Waals surface area contributed by atoms with Crippen molar-refractivity contribution in [1.29, 1.82) is 5.26 Å². The van der Waals surface area contributed by atoms with Crippen molar-refractivity contribution in [3.05, 3.63) is 29.3 Å². The van der Waals surface area contributed by atoms with Gasteiger partial charge in [0, 0.05) is 6.04 Å². The Bertz CT molecular complexity index is 484. The van der Waals surface area contributed by atoms with Gasteiger partial charge in [-0.15, -0.1) is 0 Å². The zero-order chi connectivity index (χ0) is 14.0. The number of halogens is 2. The number of hydrogen-bond donors (Lipinski definition) is 1. The van der Waals surface area contributed by atoms with E-state index in [1.165, 1.54) is 0 Å². The summed E-state index contributed by atoms with van der Waals surface area (Å²) in [6, 6.07) is 3.98. The second-order valence-electron chi connectivity index (χ2n) is 5.44. The normalized spacial score (nSPS) is 26.8. The third-order valence-corrected chi connectivity index (χ3v) is 4.21. The summed E-state index contributed by atoms with van der Waals surface area (Å²) in [7, 11) is 0. The van der Waals surface area contributed by atoms with Crippen LogP contribution in [0.15, 0.2) is 12.1 Å². The second kappa shape index (κ2) is 5.56. The molecule has 1 aliphatic carbocycles. The van der Waals surface area contributed by atoms with Crippen LogP contribution < -0.4 is 5.32 Å². The first-order chi connectivity index (χ1) is 9.02. The fraction of sp³-hybridized carbons (Fsp3) is 0.533. The summed E-state index contributed by atoms with van der Waals surface area (Å²) in [4.78, 5) is 0. The van der Waals surface area contributed by atoms with Gasteiger partial charge in [-0.1, -0.05) is 26.7 Å². The summed E-state index contributed by atoms with van der Waals surface area (Å²) in [5, 5.41) is 11.7. The molecule has 3 atom stereocenters. The fourth-order valence-electron chi connectivity index (χ4n) is 2.75. The lowest BCUT2D eigenvalue weighted by atomic mass is 9.78. The quantitative estimate of drug-likeness (QED) is 0.873. The molecule has 2 nitrogen and oxygen atoms in total. The second-order valence-corrected chi connectivity index (χ2v) is 5.44. The topological polar surface area (TPSA) is 35.8 Å². The number of nitrogens with one attached hydrogen (secondary N) is 1. The predicted octanol–water partition coefficient (Wildman–Crippen LogP) is 4.07. The van der Waals surface area contributed by atoms with Gasteiger partial charge in [0.15, 0.2) is 11.6 Å². The van der Waals surface area contributed by atoms with Crippen LogP contribution in [-0.2, 0) is 0 Å². The molecule has 0 amide bonds. The van der Waals surface area contributed by atoms with Gasteiger partial charge < -0.3 is 5.32 Å². The van der Waals surface area contributed by atoms with Crippen molar-refractivity contribution < 1.29 is 8.78 Å². The summed E-state index contributed by atoms with van der Waals surface area (Å²) >= 11 is 0. The van der Waals surface area contributed by atoms with Crippen molar-refractivity contribution in [3.63, 3.8) is 0 Å². The molecular weight excluding hydrogens is 246 g/mol. The maximum absolute atomic E-state index is 13.8. The van der Waals surface area contributed by atoms with Crippen LogP contribution in [0.4, 0.5) is 14.5 Å². The lowest BCUT2D eigenvalue weighted by molar-refractivity contribution is 0.252. The summed E-state index contributed by atoms with van der Waals surface area (Å²) in [6.07, 6.45) is 3.16. The lowest BCUT2D eigenvalue weighted by Gasteiger charge is -2.35. The first-order valence-corrected chi connectivity index (χ1v) is 6.68. The Balaban J connectivity index is 2.22. The molecule has 0 radical (unpaired) electrons. The van der Waals surface area contributed by atoms with Gasteiger partial charge >= 0.3 is 0 Å². The molecule has 0 aromatic heterocycles. The van der Waals surface area contributed by atoms with E-state index in [0.717, 1.165) is 31.4 Å². The number of rotatable bonds is 2. The zero-order valence-electron chi connectivity index (χ0n) is 11.2. The van der Waals surface area contributed by atoms with E-state index < -0.39 is 11.6 Å². The molecule has 0 heterocycles. The minimum absolute atomic E-state index is 0.00520. The smallest absolute Gasteiger partial charge is 0.150 e. The maximum Gasteiger partial charge on any atom is 0.150 e. The molecule has 1 saturated carbocycles. The van der Waals surface area contributed by atoms with Crippen LogP contribution in [0.25, 0.3) is 0 Å². The molecule has 1 aliphatic rings. The molecule has 1 aromatic rings. The molecule has 2 rings (SSSR count). The van der Waals surface area contributed by atoms with E-state index in [2.05, 4.69) is 19.2 Å². The fourth-order valence-corrected chi connectivity index (χ4v) is 2.75. The molecule has 1 aromatic carbocycles. The molecule has 102 valence electrons. The van der Waals surface area contributed by atoms with Gasteiger partial charge in [-0.3, -0.25) is 0 Å². The molecule has 3 unspecified atom stereocenters. The molecule has 1 fully saturated rings. The largest absolute Gasteiger partial charge is 0.377 e. The monoisotopic (exact) mass is 264 g/mol. The highest BCUT2D eigenvalue weighted by Gasteiger charge is 2.28. The van der Waals surface area contributed by atoms with Crippen molar-refractivity contribution in [1.82, 2.24) is 0 Å². The van der Waals surface area contributed by atoms with E-state index in [1.54, 1.807) is 6.07 Å². The standard InChI is InChI=1S/C15H18F2N2/c1-9-4-3-5-14(10(9)2)19-15-12(16)6-11(8-18)7-13(15)17/h6-7,9-10,14,19H,3-5H2,1-2H3. The van der Waals surface area contributed by atoms with E-state index in [0.29, 0.717) is 11.8 Å². The molecule has 0 saturated heterocycles. The maximum atomic E-state index is 13.8. The zero-order valence-corrected chi connectivity index (χ0v) is 11.2. The van der Waals surface area contributed by atoms with Crippen molar-refractivity contribution >= 4 is 5.69 Å². The SMILES string of the molecule is CC1CCCC(Nc2c(F)cc(C#N)cc2F)C1C. The van der Waals surface area contributed by atoms with Gasteiger partial charge in [-0.05, 0) is 30.4 Å². The van der Waals surface area contributed by atoms with Crippen molar-refractivity contribution in [2.75, 3.05) is 5.32 Å². The van der Waals surface area contributed by atoms with Crippen molar-refractivity contribution in [3.8, 4) is 6.07 Å². The first kappa shape index (κ1) is 13.8. The van der Waals surface area contributed by atoms with Gasteiger partial charge in [0.2, 0.25) is 0 Å². The van der Waals surface area contributed by atoms with Crippen LogP contribution in [0.1, 0.15) is 38.7 Å². The summed E-state index contributed by atoms with van der Waals surface area (Å²) < 4.78 is 27.6. The van der Waals surface area contributed by atoms with E-state index in [9.17, 15) is 8.78 Å². The van der Waals surface area contributed by atoms with Crippen LogP contribution in [0.5, 0.6) is 0 Å². The Morgan fingerprint density at radius 3 is 2.42 bits per heavy atom. The van der Waals surface area contributed by atoms with Gasteiger partial charge in [-0.25, -0.2) is 8.78 Å². The number of anilines is 1. The molecule has 0 spiro atoms. The highest BCUT2D eigenvalue weighted by Crippen LogP contribution is 2.33. The molecular formula is C15H18F2N2. The number of nitriles is 1. The minimum atomic E-state index is -0.693. The average Bonchev–Trinajstić information content (AvgIpc) is 2.38. The first-order valence-electron chi connectivity index (χ1n) is 6.68. The number of nitrogens with zero attached hydrogens (tertiary/aromatic N) is 1. The Hall–Kier alpha value is -1.63. The van der Waals surface area contributed by atoms with E-state index in [1.807, 2.05) is 0 Å². The van der Waals surface area contributed by atoms with Crippen molar-refractivity contribution in [2.24, 2.45) is 11.8 Å². The Morgan fingerprint density at radius 1 is 1.21 bits per heavy atom. The average molecular weight is 264 g/mol. The van der Waals surface area contributed by atoms with Crippen LogP contribution >= 0.6 is 0 Å². The number of hydrogen-bond acceptors (Lipinski definition) is 2. The summed E-state index contributed by atoms with van der Waals surface area (Å²) in [5.74, 6) is -0.456. The Kier molecular flexibility index (Phi) is 4.04. The lowest BCUT2D eigenvalue weighted by Crippen LogP contribution is -2.35. The highest BCUT2D eigenvalue weighted by atomic mass is 19.1. The van der Waals surface area contributed by atoms with Gasteiger partial charge in [-0.2, -0.15) is 5.26 Å². The van der Waals surface area contributed by atoms with Crippen molar-refractivity contribution in [2.45, 2.75) is 39.2 Å². The van der Waals surface area contributed by atoms with Crippen LogP contribution in [0.3, 0.4) is 0 Å². The molecule has 4 heteroatoms. The predicted molar refractivity (Wildman–Crippen MR) is 70.7 cm³/mol. The van der Waals surface area contributed by atoms with Crippen LogP contribution in [0.2, 0.25) is 0 Å². The summed E-state index contributed by atoms with van der Waals surface area (Å²) in [6.45, 7) is 4.28. The Morgan fingerprint density at radius 2 is 1.84 bits per heavy atom. The van der Waals surface area contributed by atoms with E-state index in [4.69, 9.17) is 5.26 Å². The van der Waals surface area contributed by atoms with E-state index in [-0.39, 0.29) is 17.3 Å². The third kappa shape index (κ3) is 2.86. The van der Waals surface area contributed by atoms with Gasteiger partial charge in [0.1, 0.15) is 5.69 Å². The Labute approximate surface area is 112 Å². The van der Waals surface area contributed by atoms with Gasteiger partial charge in [0.25, 0.3) is 0 Å². The van der Waals surface area contributed by atoms with Crippen LogP contribution in [0, 0.1) is 34.8 Å². The minimum Gasteiger partial charge on any atom is -0.377 e. The molecule has 1 N–H and O–H groups in total. The molecule has 0 aliphatic heterocycles.